The third-order valence-electron chi connectivity index (χ3n) is 7.08. The summed E-state index contributed by atoms with van der Waals surface area (Å²) in [6.07, 6.45) is 1.77. The minimum atomic E-state index is -3.49. The van der Waals surface area contributed by atoms with Gasteiger partial charge in [-0.05, 0) is 53.6 Å². The van der Waals surface area contributed by atoms with E-state index >= 15 is 0 Å². The van der Waals surface area contributed by atoms with Crippen LogP contribution in [0.1, 0.15) is 44.7 Å². The molecule has 0 bridgehead atoms. The molecule has 0 unspecified atom stereocenters. The zero-order chi connectivity index (χ0) is 29.0. The van der Waals surface area contributed by atoms with E-state index in [1.54, 1.807) is 24.3 Å². The number of hydrogen-bond donors (Lipinski definition) is 1. The van der Waals surface area contributed by atoms with Gasteiger partial charge < -0.3 is 5.32 Å². The van der Waals surface area contributed by atoms with Crippen LogP contribution in [0, 0.1) is 0 Å². The Morgan fingerprint density at radius 1 is 0.902 bits per heavy atom. The van der Waals surface area contributed by atoms with E-state index in [0.717, 1.165) is 29.8 Å². The average molecular weight is 590 g/mol. The van der Waals surface area contributed by atoms with E-state index < -0.39 is 10.0 Å². The Kier molecular flexibility index (Phi) is 8.63. The molecule has 0 aliphatic carbocycles. The van der Waals surface area contributed by atoms with Gasteiger partial charge in [-0.25, -0.2) is 8.42 Å². The molecule has 2 heterocycles. The number of anilines is 1. The fraction of sp³-hybridized carbons (Fsp3) is 0.323. The zero-order valence-electron chi connectivity index (χ0n) is 23.6. The quantitative estimate of drug-likeness (QED) is 0.248. The van der Waals surface area contributed by atoms with E-state index in [1.165, 1.54) is 21.6 Å². The monoisotopic (exact) mass is 589 g/mol. The summed E-state index contributed by atoms with van der Waals surface area (Å²) in [5.41, 5.74) is 3.90. The van der Waals surface area contributed by atoms with Gasteiger partial charge >= 0.3 is 0 Å². The van der Waals surface area contributed by atoms with Crippen LogP contribution < -0.4 is 5.32 Å². The van der Waals surface area contributed by atoms with Gasteiger partial charge in [0.2, 0.25) is 15.9 Å². The van der Waals surface area contributed by atoms with Gasteiger partial charge in [0.15, 0.2) is 11.0 Å². The molecule has 214 valence electrons. The average Bonchev–Trinajstić information content (AvgIpc) is 3.64. The minimum absolute atomic E-state index is 0.0487. The van der Waals surface area contributed by atoms with Crippen LogP contribution in [0.2, 0.25) is 0 Å². The molecule has 41 heavy (non-hydrogen) atoms. The maximum atomic E-state index is 12.8. The number of rotatable bonds is 9. The molecule has 1 aliphatic heterocycles. The second-order valence-corrected chi connectivity index (χ2v) is 14.1. The van der Waals surface area contributed by atoms with Gasteiger partial charge in [-0.2, -0.15) is 4.31 Å². The Morgan fingerprint density at radius 3 is 2.20 bits per heavy atom. The summed E-state index contributed by atoms with van der Waals surface area (Å²) in [6, 6.07) is 24.8. The number of nitrogens with zero attached hydrogens (tertiary/aromatic N) is 4. The molecule has 1 N–H and O–H groups in total. The fourth-order valence-corrected chi connectivity index (χ4v) is 7.01. The summed E-state index contributed by atoms with van der Waals surface area (Å²) in [5, 5.41) is 12.4. The van der Waals surface area contributed by atoms with Crippen LogP contribution in [0.5, 0.6) is 0 Å². The van der Waals surface area contributed by atoms with Gasteiger partial charge in [0.05, 0.1) is 17.2 Å². The predicted molar refractivity (Wildman–Crippen MR) is 163 cm³/mol. The summed E-state index contributed by atoms with van der Waals surface area (Å²) < 4.78 is 29.1. The molecule has 1 aromatic heterocycles. The number of sulfonamides is 1. The van der Waals surface area contributed by atoms with Crippen molar-refractivity contribution in [3.8, 4) is 11.4 Å². The topological polar surface area (TPSA) is 97.2 Å². The first kappa shape index (κ1) is 29.0. The Hall–Kier alpha value is -3.47. The van der Waals surface area contributed by atoms with Crippen molar-refractivity contribution in [2.45, 2.75) is 55.6 Å². The van der Waals surface area contributed by atoms with E-state index in [0.29, 0.717) is 30.5 Å². The summed E-state index contributed by atoms with van der Waals surface area (Å²) in [4.78, 5) is 13.1. The summed E-state index contributed by atoms with van der Waals surface area (Å²) in [6.45, 7) is 8.23. The molecule has 1 aliphatic rings. The van der Waals surface area contributed by atoms with Gasteiger partial charge in [0, 0.05) is 24.3 Å². The van der Waals surface area contributed by atoms with Gasteiger partial charge in [-0.1, -0.05) is 87.1 Å². The van der Waals surface area contributed by atoms with Crippen LogP contribution in [0.15, 0.2) is 88.9 Å². The van der Waals surface area contributed by atoms with Crippen molar-refractivity contribution in [3.05, 3.63) is 90.0 Å². The van der Waals surface area contributed by atoms with Crippen molar-refractivity contribution in [2.24, 2.45) is 0 Å². The Bertz CT molecular complexity index is 1590. The van der Waals surface area contributed by atoms with E-state index in [9.17, 15) is 13.2 Å². The zero-order valence-corrected chi connectivity index (χ0v) is 25.2. The number of aromatic nitrogens is 3. The third kappa shape index (κ3) is 6.89. The van der Waals surface area contributed by atoms with Gasteiger partial charge in [-0.3, -0.25) is 9.36 Å². The van der Waals surface area contributed by atoms with Crippen LogP contribution in [0.25, 0.3) is 11.4 Å². The van der Waals surface area contributed by atoms with Crippen LogP contribution >= 0.6 is 11.8 Å². The molecule has 1 amide bonds. The van der Waals surface area contributed by atoms with Crippen molar-refractivity contribution in [2.75, 3.05) is 24.2 Å². The minimum Gasteiger partial charge on any atom is -0.325 e. The first-order valence-corrected chi connectivity index (χ1v) is 16.1. The first-order chi connectivity index (χ1) is 19.6. The van der Waals surface area contributed by atoms with Crippen molar-refractivity contribution >= 4 is 33.4 Å². The standard InChI is InChI=1S/C31H35N5O3S2/c1-31(2,3)25-13-11-24(12-14-25)29-33-34-30(36(29)21-23-9-5-4-6-10-23)40-22-28(37)32-26-15-17-27(18-16-26)41(38,39)35-19-7-8-20-35/h4-6,9-18H,7-8,19-22H2,1-3H3,(H,32,37). The van der Waals surface area contributed by atoms with E-state index in [-0.39, 0.29) is 22.0 Å². The number of carbonyl (C=O) groups is 1. The maximum Gasteiger partial charge on any atom is 0.243 e. The summed E-state index contributed by atoms with van der Waals surface area (Å²) in [7, 11) is -3.49. The van der Waals surface area contributed by atoms with Crippen molar-refractivity contribution < 1.29 is 13.2 Å². The summed E-state index contributed by atoms with van der Waals surface area (Å²) in [5.74, 6) is 0.659. The lowest BCUT2D eigenvalue weighted by atomic mass is 9.87. The molecule has 0 spiro atoms. The number of hydrogen-bond acceptors (Lipinski definition) is 6. The molecule has 4 aromatic rings. The van der Waals surface area contributed by atoms with Crippen molar-refractivity contribution in [3.63, 3.8) is 0 Å². The molecular formula is C31H35N5O3S2. The molecule has 8 nitrogen and oxygen atoms in total. The lowest BCUT2D eigenvalue weighted by Gasteiger charge is -2.19. The highest BCUT2D eigenvalue weighted by molar-refractivity contribution is 7.99. The SMILES string of the molecule is CC(C)(C)c1ccc(-c2nnc(SCC(=O)Nc3ccc(S(=O)(=O)N4CCCC4)cc3)n2Cc2ccccc2)cc1. The predicted octanol–water partition coefficient (Wildman–Crippen LogP) is 5.81. The van der Waals surface area contributed by atoms with Gasteiger partial charge in [0.1, 0.15) is 0 Å². The summed E-state index contributed by atoms with van der Waals surface area (Å²) >= 11 is 1.32. The number of thioether (sulfide) groups is 1. The molecule has 0 atom stereocenters. The molecule has 3 aromatic carbocycles. The third-order valence-corrected chi connectivity index (χ3v) is 9.96. The van der Waals surface area contributed by atoms with Crippen molar-refractivity contribution in [1.29, 1.82) is 0 Å². The molecule has 1 fully saturated rings. The van der Waals surface area contributed by atoms with E-state index in [4.69, 9.17) is 0 Å². The Morgan fingerprint density at radius 2 is 1.56 bits per heavy atom. The maximum absolute atomic E-state index is 12.8. The van der Waals surface area contributed by atoms with E-state index in [2.05, 4.69) is 72.7 Å². The highest BCUT2D eigenvalue weighted by Gasteiger charge is 2.27. The second kappa shape index (κ2) is 12.2. The number of benzene rings is 3. The molecule has 5 rings (SSSR count). The molecule has 0 radical (unpaired) electrons. The Balaban J connectivity index is 1.29. The fourth-order valence-electron chi connectivity index (χ4n) is 4.75. The van der Waals surface area contributed by atoms with Crippen LogP contribution in [0.4, 0.5) is 5.69 Å². The van der Waals surface area contributed by atoms with Crippen LogP contribution in [-0.4, -0.2) is 52.2 Å². The smallest absolute Gasteiger partial charge is 0.243 e. The number of amides is 1. The first-order valence-electron chi connectivity index (χ1n) is 13.7. The van der Waals surface area contributed by atoms with Gasteiger partial charge in [-0.15, -0.1) is 10.2 Å². The van der Waals surface area contributed by atoms with Crippen molar-refractivity contribution in [1.82, 2.24) is 19.1 Å². The largest absolute Gasteiger partial charge is 0.325 e. The second-order valence-electron chi connectivity index (χ2n) is 11.2. The lowest BCUT2D eigenvalue weighted by Crippen LogP contribution is -2.27. The number of carbonyl (C=O) groups excluding carboxylic acids is 1. The highest BCUT2D eigenvalue weighted by atomic mass is 32.2. The van der Waals surface area contributed by atoms with Crippen LogP contribution in [-0.2, 0) is 26.8 Å². The van der Waals surface area contributed by atoms with Crippen LogP contribution in [0.3, 0.4) is 0 Å². The molecular weight excluding hydrogens is 555 g/mol. The van der Waals surface area contributed by atoms with Gasteiger partial charge in [0.25, 0.3) is 0 Å². The highest BCUT2D eigenvalue weighted by Crippen LogP contribution is 2.29. The normalized spacial score (nSPS) is 14.3. The molecule has 1 saturated heterocycles. The lowest BCUT2D eigenvalue weighted by molar-refractivity contribution is -0.113. The Labute approximate surface area is 246 Å². The molecule has 10 heteroatoms. The van der Waals surface area contributed by atoms with E-state index in [1.807, 2.05) is 22.8 Å². The molecule has 0 saturated carbocycles. The number of nitrogens with one attached hydrogen (secondary N) is 1.